The van der Waals surface area contributed by atoms with Crippen molar-refractivity contribution in [1.29, 1.82) is 0 Å². The van der Waals surface area contributed by atoms with Crippen molar-refractivity contribution in [3.63, 3.8) is 0 Å². The molecule has 0 amide bonds. The summed E-state index contributed by atoms with van der Waals surface area (Å²) in [5, 5.41) is 10.4. The second-order valence-electron chi connectivity index (χ2n) is 7.45. The van der Waals surface area contributed by atoms with Gasteiger partial charge in [-0.15, -0.1) is 0 Å². The van der Waals surface area contributed by atoms with Gasteiger partial charge in [0, 0.05) is 22.0 Å². The van der Waals surface area contributed by atoms with Crippen molar-refractivity contribution in [1.82, 2.24) is 4.98 Å². The molecule has 0 bridgehead atoms. The van der Waals surface area contributed by atoms with Crippen LogP contribution in [0.3, 0.4) is 0 Å². The highest BCUT2D eigenvalue weighted by Gasteiger charge is 2.23. The lowest BCUT2D eigenvalue weighted by molar-refractivity contribution is 0.0697. The lowest BCUT2D eigenvalue weighted by Gasteiger charge is -2.21. The molecule has 0 atom stereocenters. The summed E-state index contributed by atoms with van der Waals surface area (Å²) in [4.78, 5) is 15.0. The first kappa shape index (κ1) is 18.3. The lowest BCUT2D eigenvalue weighted by Crippen LogP contribution is -2.04. The van der Waals surface area contributed by atoms with Gasteiger partial charge in [0.15, 0.2) is 0 Å². The summed E-state index contributed by atoms with van der Waals surface area (Å²) in [6.07, 6.45) is 4.15. The molecule has 4 aromatic rings. The Morgan fingerprint density at radius 3 is 2.63 bits per heavy atom. The summed E-state index contributed by atoms with van der Waals surface area (Å²) in [6, 6.07) is 21.6. The smallest absolute Gasteiger partial charge is 0.335 e. The molecule has 4 nitrogen and oxygen atoms in total. The standard InChI is InChI=1S/C26H21NO3/c1-30-23-12-6-9-18-19(23)10-5-11-20(18)24-21-14-13-17(26(28)29)15-22(21)27-25(24)16-7-3-2-4-8-16/h2-4,6-9,11-15,27H,5,10H2,1H3,(H,28,29). The number of carbonyl (C=O) groups is 1. The van der Waals surface area contributed by atoms with E-state index in [0.29, 0.717) is 0 Å². The maximum absolute atomic E-state index is 11.5. The number of fused-ring (bicyclic) bond motifs is 2. The number of ether oxygens (including phenoxy) is 1. The van der Waals surface area contributed by atoms with E-state index >= 15 is 0 Å². The van der Waals surface area contributed by atoms with Crippen molar-refractivity contribution in [2.24, 2.45) is 0 Å². The van der Waals surface area contributed by atoms with E-state index in [-0.39, 0.29) is 5.56 Å². The van der Waals surface area contributed by atoms with Crippen molar-refractivity contribution < 1.29 is 14.6 Å². The third-order valence-electron chi connectivity index (χ3n) is 5.76. The molecule has 0 unspecified atom stereocenters. The third kappa shape index (κ3) is 2.89. The van der Waals surface area contributed by atoms with Gasteiger partial charge in [-0.1, -0.05) is 54.6 Å². The van der Waals surface area contributed by atoms with Crippen LogP contribution in [0.4, 0.5) is 0 Å². The maximum Gasteiger partial charge on any atom is 0.335 e. The summed E-state index contributed by atoms with van der Waals surface area (Å²) in [7, 11) is 1.71. The number of allylic oxidation sites excluding steroid dienone is 1. The number of carboxylic acids is 1. The van der Waals surface area contributed by atoms with E-state index in [1.165, 1.54) is 11.1 Å². The zero-order chi connectivity index (χ0) is 20.7. The van der Waals surface area contributed by atoms with E-state index in [2.05, 4.69) is 29.3 Å². The van der Waals surface area contributed by atoms with Crippen LogP contribution in [0.2, 0.25) is 0 Å². The Morgan fingerprint density at radius 2 is 1.87 bits per heavy atom. The highest BCUT2D eigenvalue weighted by molar-refractivity contribution is 6.06. The van der Waals surface area contributed by atoms with Gasteiger partial charge >= 0.3 is 5.97 Å². The second kappa shape index (κ2) is 7.23. The van der Waals surface area contributed by atoms with Crippen LogP contribution in [0.1, 0.15) is 33.5 Å². The second-order valence-corrected chi connectivity index (χ2v) is 7.45. The Balaban J connectivity index is 1.81. The third-order valence-corrected chi connectivity index (χ3v) is 5.76. The van der Waals surface area contributed by atoms with Gasteiger partial charge in [0.05, 0.1) is 18.4 Å². The van der Waals surface area contributed by atoms with Crippen LogP contribution in [0.15, 0.2) is 72.8 Å². The molecular weight excluding hydrogens is 374 g/mol. The van der Waals surface area contributed by atoms with Crippen molar-refractivity contribution in [2.45, 2.75) is 12.8 Å². The van der Waals surface area contributed by atoms with Gasteiger partial charge in [-0.05, 0) is 47.7 Å². The Hall–Kier alpha value is -3.79. The number of carboxylic acid groups (broad SMARTS) is 1. The number of aromatic nitrogens is 1. The molecule has 0 spiro atoms. The molecule has 0 fully saturated rings. The number of hydrogen-bond donors (Lipinski definition) is 2. The number of H-pyrrole nitrogens is 1. The fourth-order valence-corrected chi connectivity index (χ4v) is 4.41. The van der Waals surface area contributed by atoms with Gasteiger partial charge in [-0.25, -0.2) is 4.79 Å². The Kier molecular flexibility index (Phi) is 4.40. The largest absolute Gasteiger partial charge is 0.496 e. The summed E-state index contributed by atoms with van der Waals surface area (Å²) >= 11 is 0. The fraction of sp³-hybridized carbons (Fsp3) is 0.115. The first-order valence-corrected chi connectivity index (χ1v) is 9.98. The minimum atomic E-state index is -0.929. The number of aromatic amines is 1. The molecule has 0 radical (unpaired) electrons. The van der Waals surface area contributed by atoms with E-state index < -0.39 is 5.97 Å². The molecule has 0 saturated heterocycles. The number of rotatable bonds is 4. The number of aromatic carboxylic acids is 1. The fourth-order valence-electron chi connectivity index (χ4n) is 4.41. The van der Waals surface area contributed by atoms with Crippen molar-refractivity contribution in [3.8, 4) is 17.0 Å². The first-order valence-electron chi connectivity index (χ1n) is 9.98. The van der Waals surface area contributed by atoms with Crippen molar-refractivity contribution in [2.75, 3.05) is 7.11 Å². The van der Waals surface area contributed by atoms with Crippen LogP contribution in [0, 0.1) is 0 Å². The van der Waals surface area contributed by atoms with E-state index in [0.717, 1.165) is 51.9 Å². The molecule has 4 heteroatoms. The molecule has 1 aliphatic carbocycles. The quantitative estimate of drug-likeness (QED) is 0.451. The van der Waals surface area contributed by atoms with Gasteiger partial charge in [0.2, 0.25) is 0 Å². The first-order chi connectivity index (χ1) is 14.7. The molecule has 0 saturated carbocycles. The normalized spacial score (nSPS) is 13.0. The summed E-state index contributed by atoms with van der Waals surface area (Å²) in [5.41, 5.74) is 7.79. The number of methoxy groups -OCH3 is 1. The Bertz CT molecular complexity index is 1300. The maximum atomic E-state index is 11.5. The Morgan fingerprint density at radius 1 is 1.03 bits per heavy atom. The molecule has 148 valence electrons. The van der Waals surface area contributed by atoms with Crippen molar-refractivity contribution >= 4 is 22.4 Å². The molecule has 5 rings (SSSR count). The van der Waals surface area contributed by atoms with Crippen LogP contribution in [-0.2, 0) is 6.42 Å². The summed E-state index contributed by atoms with van der Waals surface area (Å²) in [6.45, 7) is 0. The molecular formula is C26H21NO3. The highest BCUT2D eigenvalue weighted by Crippen LogP contribution is 2.43. The molecule has 30 heavy (non-hydrogen) atoms. The number of benzene rings is 3. The minimum absolute atomic E-state index is 0.273. The summed E-state index contributed by atoms with van der Waals surface area (Å²) < 4.78 is 5.62. The Labute approximate surface area is 174 Å². The highest BCUT2D eigenvalue weighted by atomic mass is 16.5. The molecule has 1 heterocycles. The van der Waals surface area contributed by atoms with E-state index in [9.17, 15) is 9.90 Å². The molecule has 0 aliphatic heterocycles. The van der Waals surface area contributed by atoms with Gasteiger partial charge in [-0.2, -0.15) is 0 Å². The topological polar surface area (TPSA) is 62.3 Å². The average molecular weight is 395 g/mol. The average Bonchev–Trinajstić information content (AvgIpc) is 3.17. The van der Waals surface area contributed by atoms with Gasteiger partial charge in [0.1, 0.15) is 5.75 Å². The molecule has 1 aromatic heterocycles. The van der Waals surface area contributed by atoms with Crippen LogP contribution >= 0.6 is 0 Å². The van der Waals surface area contributed by atoms with Gasteiger partial charge < -0.3 is 14.8 Å². The molecule has 2 N–H and O–H groups in total. The minimum Gasteiger partial charge on any atom is -0.496 e. The molecule has 1 aliphatic rings. The van der Waals surface area contributed by atoms with Gasteiger partial charge in [0.25, 0.3) is 0 Å². The van der Waals surface area contributed by atoms with E-state index in [4.69, 9.17) is 4.74 Å². The van der Waals surface area contributed by atoms with Crippen LogP contribution < -0.4 is 4.74 Å². The zero-order valence-corrected chi connectivity index (χ0v) is 16.6. The SMILES string of the molecule is COc1cccc2c1CCC=C2c1c(-c2ccccc2)[nH]c2cc(C(=O)O)ccc12. The number of nitrogens with one attached hydrogen (secondary N) is 1. The zero-order valence-electron chi connectivity index (χ0n) is 16.6. The predicted octanol–water partition coefficient (Wildman–Crippen LogP) is 5.92. The van der Waals surface area contributed by atoms with Gasteiger partial charge in [-0.3, -0.25) is 0 Å². The van der Waals surface area contributed by atoms with E-state index in [1.807, 2.05) is 36.4 Å². The van der Waals surface area contributed by atoms with Crippen molar-refractivity contribution in [3.05, 3.63) is 95.1 Å². The van der Waals surface area contributed by atoms with E-state index in [1.54, 1.807) is 19.2 Å². The van der Waals surface area contributed by atoms with Crippen LogP contribution in [0.5, 0.6) is 5.75 Å². The molecule has 3 aromatic carbocycles. The monoisotopic (exact) mass is 395 g/mol. The van der Waals surface area contributed by atoms with Crippen LogP contribution in [-0.4, -0.2) is 23.2 Å². The summed E-state index contributed by atoms with van der Waals surface area (Å²) in [5.74, 6) is -0.0198. The van der Waals surface area contributed by atoms with Crippen LogP contribution in [0.25, 0.3) is 27.7 Å². The predicted molar refractivity (Wildman–Crippen MR) is 119 cm³/mol. The lowest BCUT2D eigenvalue weighted by atomic mass is 9.84. The number of hydrogen-bond acceptors (Lipinski definition) is 2.